The lowest BCUT2D eigenvalue weighted by Crippen LogP contribution is -2.12. The van der Waals surface area contributed by atoms with Crippen LogP contribution < -0.4 is 10.1 Å². The quantitative estimate of drug-likeness (QED) is 0.877. The van der Waals surface area contributed by atoms with Gasteiger partial charge in [0, 0.05) is 18.8 Å². The molecule has 2 heterocycles. The van der Waals surface area contributed by atoms with E-state index in [1.807, 2.05) is 0 Å². The van der Waals surface area contributed by atoms with Gasteiger partial charge in [-0.15, -0.1) is 0 Å². The lowest BCUT2D eigenvalue weighted by Gasteiger charge is -2.01. The highest BCUT2D eigenvalue weighted by Gasteiger charge is 2.15. The fraction of sp³-hybridized carbons (Fsp3) is 0.300. The molecule has 2 N–H and O–H groups in total. The molecule has 0 bridgehead atoms. The standard InChI is InChI=1S/C10H11F2N5O2/c1-5-6(4-13-15-5)9(18)14-7-3-8(17(2)16-7)19-10(11)12/h3-4,10H,1-2H3,(H,13,15)(H,14,16,18). The first kappa shape index (κ1) is 13.0. The summed E-state index contributed by atoms with van der Waals surface area (Å²) in [6.45, 7) is -1.26. The molecule has 0 spiro atoms. The van der Waals surface area contributed by atoms with Crippen molar-refractivity contribution < 1.29 is 18.3 Å². The fourth-order valence-corrected chi connectivity index (χ4v) is 1.48. The number of aryl methyl sites for hydroxylation is 2. The molecular formula is C10H11F2N5O2. The molecule has 0 aliphatic rings. The highest BCUT2D eigenvalue weighted by Crippen LogP contribution is 2.18. The smallest absolute Gasteiger partial charge is 0.388 e. The number of hydrogen-bond acceptors (Lipinski definition) is 4. The van der Waals surface area contributed by atoms with Crippen LogP contribution in [0, 0.1) is 6.92 Å². The second kappa shape index (κ2) is 5.04. The second-order valence-electron chi connectivity index (χ2n) is 3.73. The average molecular weight is 271 g/mol. The first-order valence-electron chi connectivity index (χ1n) is 5.27. The van der Waals surface area contributed by atoms with E-state index in [0.29, 0.717) is 11.3 Å². The van der Waals surface area contributed by atoms with E-state index in [0.717, 1.165) is 4.68 Å². The highest BCUT2D eigenvalue weighted by atomic mass is 19.3. The maximum absolute atomic E-state index is 12.1. The van der Waals surface area contributed by atoms with Gasteiger partial charge in [0.2, 0.25) is 5.88 Å². The van der Waals surface area contributed by atoms with Crippen molar-refractivity contribution in [3.8, 4) is 5.88 Å². The molecule has 0 atom stereocenters. The van der Waals surface area contributed by atoms with Crippen LogP contribution in [0.5, 0.6) is 5.88 Å². The zero-order valence-electron chi connectivity index (χ0n) is 10.1. The molecule has 2 aromatic rings. The number of ether oxygens (including phenoxy) is 1. The van der Waals surface area contributed by atoms with Crippen molar-refractivity contribution in [3.05, 3.63) is 23.5 Å². The predicted octanol–water partition coefficient (Wildman–Crippen LogP) is 1.31. The van der Waals surface area contributed by atoms with Gasteiger partial charge >= 0.3 is 6.61 Å². The maximum atomic E-state index is 12.1. The van der Waals surface area contributed by atoms with Gasteiger partial charge in [-0.3, -0.25) is 9.89 Å². The number of H-pyrrole nitrogens is 1. The van der Waals surface area contributed by atoms with Crippen LogP contribution in [0.4, 0.5) is 14.6 Å². The molecule has 0 saturated carbocycles. The Hall–Kier alpha value is -2.45. The minimum Gasteiger partial charge on any atom is -0.417 e. The molecule has 2 aromatic heterocycles. The van der Waals surface area contributed by atoms with Crippen LogP contribution in [0.3, 0.4) is 0 Å². The van der Waals surface area contributed by atoms with Gasteiger partial charge in [0.25, 0.3) is 5.91 Å². The number of rotatable bonds is 4. The monoisotopic (exact) mass is 271 g/mol. The number of nitrogens with zero attached hydrogens (tertiary/aromatic N) is 3. The number of alkyl halides is 2. The van der Waals surface area contributed by atoms with E-state index in [4.69, 9.17) is 0 Å². The van der Waals surface area contributed by atoms with Crippen molar-refractivity contribution in [2.45, 2.75) is 13.5 Å². The lowest BCUT2D eigenvalue weighted by atomic mass is 10.2. The Balaban J connectivity index is 2.12. The number of carbonyl (C=O) groups excluding carboxylic acids is 1. The molecule has 9 heteroatoms. The number of nitrogens with one attached hydrogen (secondary N) is 2. The topological polar surface area (TPSA) is 84.8 Å². The SMILES string of the molecule is Cc1[nH]ncc1C(=O)Nc1cc(OC(F)F)n(C)n1. The largest absolute Gasteiger partial charge is 0.417 e. The number of carbonyl (C=O) groups is 1. The number of amides is 1. The average Bonchev–Trinajstić information content (AvgIpc) is 2.85. The summed E-state index contributed by atoms with van der Waals surface area (Å²) in [6, 6.07) is 1.21. The van der Waals surface area contributed by atoms with E-state index >= 15 is 0 Å². The summed E-state index contributed by atoms with van der Waals surface area (Å²) >= 11 is 0. The molecule has 19 heavy (non-hydrogen) atoms. The van der Waals surface area contributed by atoms with Crippen molar-refractivity contribution >= 4 is 11.7 Å². The van der Waals surface area contributed by atoms with Gasteiger partial charge in [0.05, 0.1) is 11.8 Å². The predicted molar refractivity (Wildman–Crippen MR) is 61.1 cm³/mol. The number of aromatic amines is 1. The number of hydrogen-bond donors (Lipinski definition) is 2. The van der Waals surface area contributed by atoms with Crippen molar-refractivity contribution in [3.63, 3.8) is 0 Å². The van der Waals surface area contributed by atoms with E-state index in [2.05, 4.69) is 25.3 Å². The molecule has 0 saturated heterocycles. The maximum Gasteiger partial charge on any atom is 0.388 e. The second-order valence-corrected chi connectivity index (χ2v) is 3.73. The van der Waals surface area contributed by atoms with Crippen LogP contribution >= 0.6 is 0 Å². The third-order valence-electron chi connectivity index (χ3n) is 2.36. The van der Waals surface area contributed by atoms with Gasteiger partial charge in [0.1, 0.15) is 0 Å². The minimum atomic E-state index is -2.95. The zero-order valence-corrected chi connectivity index (χ0v) is 10.1. The van der Waals surface area contributed by atoms with E-state index in [-0.39, 0.29) is 11.7 Å². The molecule has 0 aliphatic heterocycles. The highest BCUT2D eigenvalue weighted by molar-refractivity contribution is 6.04. The minimum absolute atomic E-state index is 0.115. The molecule has 0 aliphatic carbocycles. The summed E-state index contributed by atoms with van der Waals surface area (Å²) < 4.78 is 29.5. The Kier molecular flexibility index (Phi) is 3.45. The Morgan fingerprint density at radius 3 is 2.89 bits per heavy atom. The summed E-state index contributed by atoms with van der Waals surface area (Å²) in [7, 11) is 1.43. The van der Waals surface area contributed by atoms with Crippen LogP contribution in [0.2, 0.25) is 0 Å². The first-order chi connectivity index (χ1) is 8.97. The third-order valence-corrected chi connectivity index (χ3v) is 2.36. The Morgan fingerprint density at radius 1 is 1.58 bits per heavy atom. The van der Waals surface area contributed by atoms with Crippen LogP contribution in [0.25, 0.3) is 0 Å². The molecule has 0 aromatic carbocycles. The normalized spacial score (nSPS) is 10.8. The molecular weight excluding hydrogens is 260 g/mol. The summed E-state index contributed by atoms with van der Waals surface area (Å²) in [6.07, 6.45) is 1.37. The summed E-state index contributed by atoms with van der Waals surface area (Å²) in [5.74, 6) is -0.467. The van der Waals surface area contributed by atoms with Gasteiger partial charge < -0.3 is 10.1 Å². The molecule has 0 unspecified atom stereocenters. The van der Waals surface area contributed by atoms with Gasteiger partial charge in [-0.05, 0) is 6.92 Å². The molecule has 7 nitrogen and oxygen atoms in total. The molecule has 0 fully saturated rings. The van der Waals surface area contributed by atoms with Crippen molar-refractivity contribution in [2.24, 2.45) is 7.05 Å². The van der Waals surface area contributed by atoms with Crippen molar-refractivity contribution in [2.75, 3.05) is 5.32 Å². The summed E-state index contributed by atoms with van der Waals surface area (Å²) in [5, 5.41) is 12.6. The number of anilines is 1. The Bertz CT molecular complexity index is 593. The lowest BCUT2D eigenvalue weighted by molar-refractivity contribution is -0.0553. The van der Waals surface area contributed by atoms with Crippen LogP contribution in [-0.4, -0.2) is 32.5 Å². The van der Waals surface area contributed by atoms with Gasteiger partial charge in [0.15, 0.2) is 5.82 Å². The van der Waals surface area contributed by atoms with Gasteiger partial charge in [-0.2, -0.15) is 19.0 Å². The molecule has 0 radical (unpaired) electrons. The number of aromatic nitrogens is 4. The van der Waals surface area contributed by atoms with Crippen LogP contribution in [0.1, 0.15) is 16.1 Å². The Labute approximate surface area is 106 Å². The molecule has 1 amide bonds. The van der Waals surface area contributed by atoms with Gasteiger partial charge in [-0.1, -0.05) is 0 Å². The van der Waals surface area contributed by atoms with E-state index in [1.54, 1.807) is 6.92 Å². The zero-order chi connectivity index (χ0) is 14.0. The fourth-order valence-electron chi connectivity index (χ4n) is 1.48. The molecule has 2 rings (SSSR count). The number of halogens is 2. The van der Waals surface area contributed by atoms with Crippen molar-refractivity contribution in [1.82, 2.24) is 20.0 Å². The van der Waals surface area contributed by atoms with E-state index in [1.165, 1.54) is 19.3 Å². The first-order valence-corrected chi connectivity index (χ1v) is 5.27. The van der Waals surface area contributed by atoms with Gasteiger partial charge in [-0.25, -0.2) is 4.68 Å². The Morgan fingerprint density at radius 2 is 2.32 bits per heavy atom. The van der Waals surface area contributed by atoms with E-state index in [9.17, 15) is 13.6 Å². The van der Waals surface area contributed by atoms with Crippen LogP contribution in [0.15, 0.2) is 12.3 Å². The third kappa shape index (κ3) is 2.87. The summed E-state index contributed by atoms with van der Waals surface area (Å²) in [4.78, 5) is 11.8. The van der Waals surface area contributed by atoms with Crippen molar-refractivity contribution in [1.29, 1.82) is 0 Å². The molecule has 102 valence electrons. The van der Waals surface area contributed by atoms with E-state index < -0.39 is 12.5 Å². The van der Waals surface area contributed by atoms with Crippen LogP contribution in [-0.2, 0) is 7.05 Å². The summed E-state index contributed by atoms with van der Waals surface area (Å²) in [5.41, 5.74) is 0.944.